The number of nitrogens with two attached hydrogens (primary N) is 1. The molecule has 6 nitrogen and oxygen atoms in total. The van der Waals surface area contributed by atoms with Crippen molar-refractivity contribution in [1.82, 2.24) is 15.2 Å². The minimum absolute atomic E-state index is 0.113. The van der Waals surface area contributed by atoms with Gasteiger partial charge in [0.25, 0.3) is 5.91 Å². The SMILES string of the molecule is C[C@@H](Oc1cc(C(=O)N2CCNCC2)cnc1N)c1c(Cl)ccc(F)c1Cl. The Morgan fingerprint density at radius 3 is 2.78 bits per heavy atom. The fourth-order valence-corrected chi connectivity index (χ4v) is 3.56. The van der Waals surface area contributed by atoms with Gasteiger partial charge in [0.05, 0.1) is 10.6 Å². The van der Waals surface area contributed by atoms with Gasteiger partial charge < -0.3 is 20.7 Å². The third kappa shape index (κ3) is 4.26. The van der Waals surface area contributed by atoms with Crippen molar-refractivity contribution < 1.29 is 13.9 Å². The number of nitrogens with zero attached hydrogens (tertiary/aromatic N) is 2. The van der Waals surface area contributed by atoms with E-state index in [4.69, 9.17) is 33.7 Å². The minimum atomic E-state index is -0.700. The van der Waals surface area contributed by atoms with E-state index < -0.39 is 11.9 Å². The van der Waals surface area contributed by atoms with Crippen molar-refractivity contribution in [2.45, 2.75) is 13.0 Å². The maximum atomic E-state index is 13.8. The van der Waals surface area contributed by atoms with E-state index in [2.05, 4.69) is 10.3 Å². The normalized spacial score (nSPS) is 15.5. The molecule has 0 spiro atoms. The standard InChI is InChI=1S/C18H19Cl2FN4O2/c1-10(15-12(19)2-3-13(21)16(15)20)27-14-8-11(9-24-17(14)22)18(26)25-6-4-23-5-7-25/h2-3,8-10,23H,4-7H2,1H3,(H2,22,24)/t10-/m1/s1. The Labute approximate surface area is 166 Å². The summed E-state index contributed by atoms with van der Waals surface area (Å²) < 4.78 is 19.6. The average molecular weight is 413 g/mol. The number of aromatic nitrogens is 1. The summed E-state index contributed by atoms with van der Waals surface area (Å²) >= 11 is 12.2. The lowest BCUT2D eigenvalue weighted by Crippen LogP contribution is -2.46. The van der Waals surface area contributed by atoms with E-state index >= 15 is 0 Å². The molecule has 3 N–H and O–H groups in total. The van der Waals surface area contributed by atoms with Gasteiger partial charge in [0, 0.05) is 43.0 Å². The number of halogens is 3. The number of carbonyl (C=O) groups is 1. The topological polar surface area (TPSA) is 80.5 Å². The van der Waals surface area contributed by atoms with Crippen molar-refractivity contribution >= 4 is 34.9 Å². The maximum absolute atomic E-state index is 13.8. The Hall–Kier alpha value is -2.09. The molecule has 1 aliphatic heterocycles. The maximum Gasteiger partial charge on any atom is 0.255 e. The van der Waals surface area contributed by atoms with Crippen LogP contribution in [0.25, 0.3) is 0 Å². The van der Waals surface area contributed by atoms with E-state index in [0.717, 1.165) is 13.1 Å². The molecular weight excluding hydrogens is 394 g/mol. The lowest BCUT2D eigenvalue weighted by Gasteiger charge is -2.27. The molecule has 1 aromatic heterocycles. The Morgan fingerprint density at radius 2 is 2.07 bits per heavy atom. The average Bonchev–Trinajstić information content (AvgIpc) is 2.67. The summed E-state index contributed by atoms with van der Waals surface area (Å²) in [6.45, 7) is 4.38. The number of ether oxygens (including phenoxy) is 1. The summed E-state index contributed by atoms with van der Waals surface area (Å²) in [5.74, 6) is -0.425. The van der Waals surface area contributed by atoms with Crippen LogP contribution in [-0.4, -0.2) is 42.0 Å². The van der Waals surface area contributed by atoms with Gasteiger partial charge in [-0.05, 0) is 25.1 Å². The van der Waals surface area contributed by atoms with E-state index in [9.17, 15) is 9.18 Å². The van der Waals surface area contributed by atoms with Crippen LogP contribution in [0.15, 0.2) is 24.4 Å². The number of carbonyl (C=O) groups excluding carboxylic acids is 1. The number of hydrogen-bond acceptors (Lipinski definition) is 5. The van der Waals surface area contributed by atoms with Crippen molar-refractivity contribution in [3.05, 3.63) is 51.4 Å². The number of anilines is 1. The molecular formula is C18H19Cl2FN4O2. The van der Waals surface area contributed by atoms with Crippen LogP contribution in [0.1, 0.15) is 28.9 Å². The fourth-order valence-electron chi connectivity index (χ4n) is 2.88. The zero-order chi connectivity index (χ0) is 19.6. The van der Waals surface area contributed by atoms with Crippen molar-refractivity contribution in [1.29, 1.82) is 0 Å². The van der Waals surface area contributed by atoms with Crippen LogP contribution >= 0.6 is 23.2 Å². The third-order valence-electron chi connectivity index (χ3n) is 4.32. The zero-order valence-corrected chi connectivity index (χ0v) is 16.1. The first kappa shape index (κ1) is 19.7. The molecule has 27 heavy (non-hydrogen) atoms. The first-order valence-corrected chi connectivity index (χ1v) is 9.19. The highest BCUT2D eigenvalue weighted by Gasteiger charge is 2.22. The molecule has 2 heterocycles. The van der Waals surface area contributed by atoms with Gasteiger partial charge in [-0.25, -0.2) is 9.37 Å². The van der Waals surface area contributed by atoms with Crippen molar-refractivity contribution in [3.8, 4) is 5.75 Å². The second kappa shape index (κ2) is 8.29. The number of nitrogen functional groups attached to an aromatic ring is 1. The summed E-state index contributed by atoms with van der Waals surface area (Å²) in [5.41, 5.74) is 6.56. The van der Waals surface area contributed by atoms with Crippen LogP contribution in [0.5, 0.6) is 5.75 Å². The number of nitrogens with one attached hydrogen (secondary N) is 1. The van der Waals surface area contributed by atoms with Crippen LogP contribution < -0.4 is 15.8 Å². The third-order valence-corrected chi connectivity index (χ3v) is 5.04. The second-order valence-corrected chi connectivity index (χ2v) is 6.95. The molecule has 9 heteroatoms. The largest absolute Gasteiger partial charge is 0.482 e. The van der Waals surface area contributed by atoms with Gasteiger partial charge in [0.1, 0.15) is 11.9 Å². The van der Waals surface area contributed by atoms with E-state index in [1.807, 2.05) is 0 Å². The zero-order valence-electron chi connectivity index (χ0n) is 14.6. The molecule has 0 radical (unpaired) electrons. The van der Waals surface area contributed by atoms with E-state index in [-0.39, 0.29) is 27.5 Å². The number of hydrogen-bond donors (Lipinski definition) is 2. The summed E-state index contributed by atoms with van der Waals surface area (Å²) in [6.07, 6.45) is 0.716. The van der Waals surface area contributed by atoms with Crippen molar-refractivity contribution in [2.75, 3.05) is 31.9 Å². The lowest BCUT2D eigenvalue weighted by molar-refractivity contribution is 0.0734. The molecule has 3 rings (SSSR count). The predicted octanol–water partition coefficient (Wildman–Crippen LogP) is 3.30. The first-order chi connectivity index (χ1) is 12.9. The van der Waals surface area contributed by atoms with Gasteiger partial charge in [0.2, 0.25) is 0 Å². The Bertz CT molecular complexity index is 859. The second-order valence-electron chi connectivity index (χ2n) is 6.17. The number of benzene rings is 1. The molecule has 1 saturated heterocycles. The van der Waals surface area contributed by atoms with Gasteiger partial charge >= 0.3 is 0 Å². The van der Waals surface area contributed by atoms with Crippen molar-refractivity contribution in [2.24, 2.45) is 0 Å². The molecule has 0 bridgehead atoms. The summed E-state index contributed by atoms with van der Waals surface area (Å²) in [7, 11) is 0. The summed E-state index contributed by atoms with van der Waals surface area (Å²) in [4.78, 5) is 18.4. The van der Waals surface area contributed by atoms with Crippen molar-refractivity contribution in [3.63, 3.8) is 0 Å². The number of amides is 1. The molecule has 144 valence electrons. The van der Waals surface area contributed by atoms with Gasteiger partial charge in [0.15, 0.2) is 11.6 Å². The van der Waals surface area contributed by atoms with Crippen LogP contribution in [0.3, 0.4) is 0 Å². The highest BCUT2D eigenvalue weighted by molar-refractivity contribution is 6.36. The smallest absolute Gasteiger partial charge is 0.255 e. The van der Waals surface area contributed by atoms with Crippen LogP contribution in [0, 0.1) is 5.82 Å². The quantitative estimate of drug-likeness (QED) is 0.752. The van der Waals surface area contributed by atoms with Gasteiger partial charge in [-0.2, -0.15) is 0 Å². The fraction of sp³-hybridized carbons (Fsp3) is 0.333. The van der Waals surface area contributed by atoms with Gasteiger partial charge in [-0.3, -0.25) is 4.79 Å². The molecule has 1 aliphatic rings. The Balaban J connectivity index is 1.85. The van der Waals surface area contributed by atoms with Gasteiger partial charge in [-0.15, -0.1) is 0 Å². The highest BCUT2D eigenvalue weighted by Crippen LogP contribution is 2.36. The molecule has 1 fully saturated rings. The lowest BCUT2D eigenvalue weighted by atomic mass is 10.1. The minimum Gasteiger partial charge on any atom is -0.482 e. The number of rotatable bonds is 4. The molecule has 1 aromatic carbocycles. The molecule has 1 amide bonds. The Morgan fingerprint density at radius 1 is 1.37 bits per heavy atom. The molecule has 0 saturated carbocycles. The monoisotopic (exact) mass is 412 g/mol. The van der Waals surface area contributed by atoms with E-state index in [1.54, 1.807) is 11.8 Å². The molecule has 0 aliphatic carbocycles. The number of pyridine rings is 1. The molecule has 0 unspecified atom stereocenters. The molecule has 1 atom stereocenters. The first-order valence-electron chi connectivity index (χ1n) is 8.44. The number of piperazine rings is 1. The van der Waals surface area contributed by atoms with Crippen LogP contribution in [-0.2, 0) is 0 Å². The molecule has 2 aromatic rings. The van der Waals surface area contributed by atoms with E-state index in [0.29, 0.717) is 24.2 Å². The van der Waals surface area contributed by atoms with Gasteiger partial charge in [-0.1, -0.05) is 23.2 Å². The van der Waals surface area contributed by atoms with Crippen LogP contribution in [0.2, 0.25) is 10.0 Å². The highest BCUT2D eigenvalue weighted by atomic mass is 35.5. The summed E-state index contributed by atoms with van der Waals surface area (Å²) in [5, 5.41) is 3.35. The van der Waals surface area contributed by atoms with E-state index in [1.165, 1.54) is 24.4 Å². The van der Waals surface area contributed by atoms with Crippen LogP contribution in [0.4, 0.5) is 10.2 Å². The Kier molecular flexibility index (Phi) is 6.04. The summed E-state index contributed by atoms with van der Waals surface area (Å²) in [6, 6.07) is 4.12. The predicted molar refractivity (Wildman–Crippen MR) is 103 cm³/mol.